The topological polar surface area (TPSA) is 47.8 Å². The van der Waals surface area contributed by atoms with E-state index < -0.39 is 0 Å². The standard InChI is InChI=1S/C22H24N4O/c1-3-8-19(9-4-1)10-7-13-25-14-16-26(17-15-25)18-21-23-22(24-27-21)20-11-5-2-6-12-20/h1-12H,13-18H2/p+2/b10-7+. The molecule has 27 heavy (non-hydrogen) atoms. The second-order valence-electron chi connectivity index (χ2n) is 7.07. The molecule has 1 aromatic heterocycles. The first-order chi connectivity index (χ1) is 13.4. The minimum Gasteiger partial charge on any atom is -0.333 e. The van der Waals surface area contributed by atoms with E-state index in [1.165, 1.54) is 23.6 Å². The predicted molar refractivity (Wildman–Crippen MR) is 105 cm³/mol. The van der Waals surface area contributed by atoms with Gasteiger partial charge in [-0.15, -0.1) is 0 Å². The summed E-state index contributed by atoms with van der Waals surface area (Å²) in [5, 5.41) is 4.12. The third-order valence-electron chi connectivity index (χ3n) is 5.08. The van der Waals surface area contributed by atoms with Gasteiger partial charge in [0.25, 0.3) is 5.89 Å². The van der Waals surface area contributed by atoms with Crippen LogP contribution in [0.1, 0.15) is 11.5 Å². The first kappa shape index (κ1) is 17.6. The van der Waals surface area contributed by atoms with Crippen molar-refractivity contribution in [3.8, 4) is 11.4 Å². The van der Waals surface area contributed by atoms with E-state index in [0.717, 1.165) is 37.6 Å². The molecule has 3 aromatic rings. The van der Waals surface area contributed by atoms with Crippen LogP contribution in [0.25, 0.3) is 17.5 Å². The summed E-state index contributed by atoms with van der Waals surface area (Å²) >= 11 is 0. The molecule has 2 aromatic carbocycles. The molecule has 0 bridgehead atoms. The molecule has 0 saturated carbocycles. The first-order valence-electron chi connectivity index (χ1n) is 9.63. The zero-order chi connectivity index (χ0) is 18.3. The molecule has 0 amide bonds. The highest BCUT2D eigenvalue weighted by molar-refractivity contribution is 5.53. The van der Waals surface area contributed by atoms with Gasteiger partial charge in [0.2, 0.25) is 5.82 Å². The Morgan fingerprint density at radius 3 is 2.26 bits per heavy atom. The van der Waals surface area contributed by atoms with Crippen molar-refractivity contribution in [2.45, 2.75) is 6.54 Å². The van der Waals surface area contributed by atoms with Crippen LogP contribution in [0.5, 0.6) is 0 Å². The van der Waals surface area contributed by atoms with Crippen LogP contribution < -0.4 is 9.80 Å². The Bertz CT molecular complexity index is 852. The third-order valence-corrected chi connectivity index (χ3v) is 5.08. The van der Waals surface area contributed by atoms with E-state index in [4.69, 9.17) is 4.52 Å². The maximum Gasteiger partial charge on any atom is 0.282 e. The van der Waals surface area contributed by atoms with Crippen LogP contribution in [0.4, 0.5) is 0 Å². The molecule has 2 N–H and O–H groups in total. The molecule has 0 spiro atoms. The number of quaternary nitrogens is 2. The second kappa shape index (κ2) is 8.75. The normalized spacial score (nSPS) is 20.1. The summed E-state index contributed by atoms with van der Waals surface area (Å²) in [6.07, 6.45) is 4.51. The summed E-state index contributed by atoms with van der Waals surface area (Å²) in [7, 11) is 0. The molecule has 1 aliphatic heterocycles. The van der Waals surface area contributed by atoms with E-state index in [-0.39, 0.29) is 0 Å². The summed E-state index contributed by atoms with van der Waals surface area (Å²) in [5.41, 5.74) is 2.27. The first-order valence-corrected chi connectivity index (χ1v) is 9.63. The Kier molecular flexibility index (Phi) is 5.72. The maximum absolute atomic E-state index is 5.46. The number of piperazine rings is 1. The summed E-state index contributed by atoms with van der Waals surface area (Å²) in [6, 6.07) is 20.5. The van der Waals surface area contributed by atoms with E-state index in [2.05, 4.69) is 52.6 Å². The fraction of sp³-hybridized carbons (Fsp3) is 0.273. The van der Waals surface area contributed by atoms with Crippen molar-refractivity contribution >= 4 is 6.08 Å². The summed E-state index contributed by atoms with van der Waals surface area (Å²) in [6.45, 7) is 6.52. The van der Waals surface area contributed by atoms with Crippen molar-refractivity contribution in [3.05, 3.63) is 78.2 Å². The molecule has 1 saturated heterocycles. The average Bonchev–Trinajstić information content (AvgIpc) is 3.19. The van der Waals surface area contributed by atoms with Gasteiger partial charge in [-0.1, -0.05) is 71.9 Å². The summed E-state index contributed by atoms with van der Waals surface area (Å²) in [4.78, 5) is 7.72. The van der Waals surface area contributed by atoms with Crippen LogP contribution >= 0.6 is 0 Å². The summed E-state index contributed by atoms with van der Waals surface area (Å²) in [5.74, 6) is 1.41. The van der Waals surface area contributed by atoms with Gasteiger partial charge in [0.05, 0.1) is 6.54 Å². The molecule has 5 heteroatoms. The highest BCUT2D eigenvalue weighted by atomic mass is 16.5. The number of hydrogen-bond donors (Lipinski definition) is 2. The molecule has 1 fully saturated rings. The number of hydrogen-bond acceptors (Lipinski definition) is 3. The Hall–Kier alpha value is -2.76. The number of benzene rings is 2. The van der Waals surface area contributed by atoms with Gasteiger partial charge in [-0.2, -0.15) is 4.98 Å². The Balaban J connectivity index is 1.24. The van der Waals surface area contributed by atoms with Crippen molar-refractivity contribution in [3.63, 3.8) is 0 Å². The molecular formula is C22H26N4O+2. The highest BCUT2D eigenvalue weighted by Crippen LogP contribution is 2.14. The molecular weight excluding hydrogens is 336 g/mol. The highest BCUT2D eigenvalue weighted by Gasteiger charge is 2.24. The molecule has 138 valence electrons. The lowest BCUT2D eigenvalue weighted by molar-refractivity contribution is -1.02. The van der Waals surface area contributed by atoms with Gasteiger partial charge in [0.15, 0.2) is 6.54 Å². The van der Waals surface area contributed by atoms with Crippen LogP contribution in [-0.4, -0.2) is 42.9 Å². The largest absolute Gasteiger partial charge is 0.333 e. The fourth-order valence-electron chi connectivity index (χ4n) is 3.51. The molecule has 4 rings (SSSR count). The average molecular weight is 362 g/mol. The Labute approximate surface area is 159 Å². The van der Waals surface area contributed by atoms with Gasteiger partial charge in [-0.3, -0.25) is 0 Å². The monoisotopic (exact) mass is 362 g/mol. The second-order valence-corrected chi connectivity index (χ2v) is 7.07. The van der Waals surface area contributed by atoms with Crippen molar-refractivity contribution in [1.29, 1.82) is 0 Å². The Morgan fingerprint density at radius 1 is 0.852 bits per heavy atom. The predicted octanol–water partition coefficient (Wildman–Crippen LogP) is 0.733. The maximum atomic E-state index is 5.46. The number of nitrogens with one attached hydrogen (secondary N) is 2. The van der Waals surface area contributed by atoms with E-state index in [9.17, 15) is 0 Å². The lowest BCUT2D eigenvalue weighted by atomic mass is 10.2. The molecule has 2 heterocycles. The van der Waals surface area contributed by atoms with Crippen LogP contribution in [-0.2, 0) is 6.54 Å². The molecule has 0 unspecified atom stereocenters. The van der Waals surface area contributed by atoms with Crippen molar-refractivity contribution in [2.75, 3.05) is 32.7 Å². The smallest absolute Gasteiger partial charge is 0.282 e. The van der Waals surface area contributed by atoms with Crippen LogP contribution in [0.2, 0.25) is 0 Å². The number of rotatable bonds is 6. The quantitative estimate of drug-likeness (QED) is 0.680. The van der Waals surface area contributed by atoms with Gasteiger partial charge in [-0.05, 0) is 11.6 Å². The minimum absolute atomic E-state index is 0.681. The van der Waals surface area contributed by atoms with Gasteiger partial charge >= 0.3 is 0 Å². The minimum atomic E-state index is 0.681. The van der Waals surface area contributed by atoms with Gasteiger partial charge < -0.3 is 14.3 Å². The van der Waals surface area contributed by atoms with Crippen molar-refractivity contribution in [2.24, 2.45) is 0 Å². The summed E-state index contributed by atoms with van der Waals surface area (Å²) < 4.78 is 5.46. The van der Waals surface area contributed by atoms with Crippen LogP contribution in [0.3, 0.4) is 0 Å². The van der Waals surface area contributed by atoms with E-state index in [1.807, 2.05) is 30.3 Å². The molecule has 0 aliphatic carbocycles. The number of nitrogens with zero attached hydrogens (tertiary/aromatic N) is 2. The Morgan fingerprint density at radius 2 is 1.52 bits per heavy atom. The zero-order valence-corrected chi connectivity index (χ0v) is 15.5. The lowest BCUT2D eigenvalue weighted by Gasteiger charge is -2.28. The zero-order valence-electron chi connectivity index (χ0n) is 15.5. The van der Waals surface area contributed by atoms with Gasteiger partial charge in [0.1, 0.15) is 26.2 Å². The molecule has 1 aliphatic rings. The van der Waals surface area contributed by atoms with Crippen molar-refractivity contribution in [1.82, 2.24) is 10.1 Å². The fourth-order valence-corrected chi connectivity index (χ4v) is 3.51. The lowest BCUT2D eigenvalue weighted by Crippen LogP contribution is -3.27. The third kappa shape index (κ3) is 4.90. The molecule has 5 nitrogen and oxygen atoms in total. The SMILES string of the molecule is C(=C\c1ccccc1)/C[NH+]1CC[NH+](Cc2nc(-c3ccccc3)no2)CC1. The van der Waals surface area contributed by atoms with E-state index in [1.54, 1.807) is 4.90 Å². The van der Waals surface area contributed by atoms with Gasteiger partial charge in [-0.25, -0.2) is 0 Å². The number of aromatic nitrogens is 2. The van der Waals surface area contributed by atoms with Crippen LogP contribution in [0, 0.1) is 0 Å². The van der Waals surface area contributed by atoms with Crippen molar-refractivity contribution < 1.29 is 14.3 Å². The van der Waals surface area contributed by atoms with Crippen LogP contribution in [0.15, 0.2) is 71.3 Å². The van der Waals surface area contributed by atoms with Gasteiger partial charge in [0, 0.05) is 5.56 Å². The van der Waals surface area contributed by atoms with E-state index >= 15 is 0 Å². The molecule has 0 atom stereocenters. The van der Waals surface area contributed by atoms with E-state index in [0.29, 0.717) is 5.82 Å². The molecule has 0 radical (unpaired) electrons.